The number of hydrogen-bond donors (Lipinski definition) is 1. The molecule has 3 heteroatoms. The van der Waals surface area contributed by atoms with Crippen LogP contribution in [0.2, 0.25) is 0 Å². The first-order chi connectivity index (χ1) is 9.76. The van der Waals surface area contributed by atoms with Crippen LogP contribution in [0.3, 0.4) is 0 Å². The fourth-order valence-electron chi connectivity index (χ4n) is 5.39. The molecule has 3 aliphatic carbocycles. The Morgan fingerprint density at radius 3 is 2.80 bits per heavy atom. The maximum Gasteiger partial charge on any atom is 0.309 e. The maximum atomic E-state index is 12.3. The summed E-state index contributed by atoms with van der Waals surface area (Å²) in [6, 6.07) is 0. The molecule has 3 fully saturated rings. The molecule has 0 aromatic rings. The fraction of sp³-hybridized carbons (Fsp3) is 0.941. The van der Waals surface area contributed by atoms with Gasteiger partial charge >= 0.3 is 5.97 Å². The van der Waals surface area contributed by atoms with E-state index in [1.165, 1.54) is 12.8 Å². The van der Waals surface area contributed by atoms with Gasteiger partial charge in [0.2, 0.25) is 0 Å². The van der Waals surface area contributed by atoms with Crippen LogP contribution in [0.5, 0.6) is 0 Å². The molecule has 0 radical (unpaired) electrons. The Hall–Kier alpha value is -0.570. The van der Waals surface area contributed by atoms with Crippen LogP contribution in [-0.4, -0.2) is 24.3 Å². The van der Waals surface area contributed by atoms with Gasteiger partial charge in [-0.2, -0.15) is 0 Å². The fourth-order valence-corrected chi connectivity index (χ4v) is 5.39. The SMILES string of the molecule is CCCCCOC(=O)C1CC2CC1C1CCC(CO)C21. The third kappa shape index (κ3) is 2.38. The Labute approximate surface area is 122 Å². The van der Waals surface area contributed by atoms with Crippen LogP contribution in [-0.2, 0) is 9.53 Å². The molecule has 0 amide bonds. The Kier molecular flexibility index (Phi) is 4.34. The molecular weight excluding hydrogens is 252 g/mol. The lowest BCUT2D eigenvalue weighted by Gasteiger charge is -2.32. The molecule has 114 valence electrons. The number of hydrogen-bond acceptors (Lipinski definition) is 3. The number of unbranched alkanes of at least 4 members (excludes halogenated alkanes) is 2. The number of ether oxygens (including phenoxy) is 1. The van der Waals surface area contributed by atoms with E-state index >= 15 is 0 Å². The van der Waals surface area contributed by atoms with Crippen LogP contribution in [0.15, 0.2) is 0 Å². The van der Waals surface area contributed by atoms with E-state index < -0.39 is 0 Å². The molecule has 1 N–H and O–H groups in total. The first-order valence-electron chi connectivity index (χ1n) is 8.53. The first kappa shape index (κ1) is 14.4. The van der Waals surface area contributed by atoms with Gasteiger partial charge in [0.25, 0.3) is 0 Å². The van der Waals surface area contributed by atoms with Crippen LogP contribution < -0.4 is 0 Å². The molecule has 3 nitrogen and oxygen atoms in total. The standard InChI is InChI=1S/C17H28O3/c1-2-3-4-7-20-17(19)15-9-12-8-14(15)13-6-5-11(10-18)16(12)13/h11-16,18H,2-10H2,1H3. The summed E-state index contributed by atoms with van der Waals surface area (Å²) in [5.74, 6) is 3.38. The third-order valence-electron chi connectivity index (χ3n) is 6.18. The van der Waals surface area contributed by atoms with E-state index in [-0.39, 0.29) is 11.9 Å². The summed E-state index contributed by atoms with van der Waals surface area (Å²) in [6.45, 7) is 3.11. The maximum absolute atomic E-state index is 12.3. The lowest BCUT2D eigenvalue weighted by molar-refractivity contribution is -0.151. The summed E-state index contributed by atoms with van der Waals surface area (Å²) in [5, 5.41) is 9.49. The van der Waals surface area contributed by atoms with E-state index in [2.05, 4.69) is 6.92 Å². The molecule has 0 spiro atoms. The lowest BCUT2D eigenvalue weighted by atomic mass is 9.73. The minimum atomic E-state index is 0.0690. The third-order valence-corrected chi connectivity index (χ3v) is 6.18. The molecule has 0 saturated heterocycles. The second-order valence-corrected chi connectivity index (χ2v) is 7.14. The van der Waals surface area contributed by atoms with Gasteiger partial charge in [-0.25, -0.2) is 0 Å². The van der Waals surface area contributed by atoms with Gasteiger partial charge in [-0.15, -0.1) is 0 Å². The summed E-state index contributed by atoms with van der Waals surface area (Å²) in [6.07, 6.45) is 7.93. The van der Waals surface area contributed by atoms with Crippen molar-refractivity contribution in [3.05, 3.63) is 0 Å². The molecule has 3 rings (SSSR count). The van der Waals surface area contributed by atoms with Gasteiger partial charge in [-0.3, -0.25) is 4.79 Å². The van der Waals surface area contributed by atoms with E-state index in [0.717, 1.165) is 32.1 Å². The van der Waals surface area contributed by atoms with E-state index in [0.29, 0.717) is 42.8 Å². The van der Waals surface area contributed by atoms with Crippen molar-refractivity contribution >= 4 is 5.97 Å². The summed E-state index contributed by atoms with van der Waals surface area (Å²) >= 11 is 0. The molecule has 6 atom stereocenters. The Morgan fingerprint density at radius 2 is 2.05 bits per heavy atom. The molecular formula is C17H28O3. The van der Waals surface area contributed by atoms with Crippen LogP contribution >= 0.6 is 0 Å². The number of aliphatic hydroxyl groups excluding tert-OH is 1. The van der Waals surface area contributed by atoms with Gasteiger partial charge < -0.3 is 9.84 Å². The number of fused-ring (bicyclic) bond motifs is 5. The van der Waals surface area contributed by atoms with Gasteiger partial charge in [-0.1, -0.05) is 19.8 Å². The highest BCUT2D eigenvalue weighted by molar-refractivity contribution is 5.73. The monoisotopic (exact) mass is 280 g/mol. The second-order valence-electron chi connectivity index (χ2n) is 7.14. The zero-order valence-corrected chi connectivity index (χ0v) is 12.6. The van der Waals surface area contributed by atoms with Crippen molar-refractivity contribution < 1.29 is 14.6 Å². The predicted molar refractivity (Wildman–Crippen MR) is 77.0 cm³/mol. The predicted octanol–water partition coefficient (Wildman–Crippen LogP) is 3.01. The van der Waals surface area contributed by atoms with Gasteiger partial charge in [0, 0.05) is 6.61 Å². The van der Waals surface area contributed by atoms with Crippen LogP contribution in [0, 0.1) is 35.5 Å². The molecule has 3 aliphatic rings. The molecule has 0 aromatic carbocycles. The smallest absolute Gasteiger partial charge is 0.309 e. The van der Waals surface area contributed by atoms with Gasteiger partial charge in [0.15, 0.2) is 0 Å². The Bertz CT molecular complexity index is 354. The second kappa shape index (κ2) is 6.05. The molecule has 0 heterocycles. The van der Waals surface area contributed by atoms with E-state index in [4.69, 9.17) is 4.74 Å². The van der Waals surface area contributed by atoms with Crippen molar-refractivity contribution in [3.63, 3.8) is 0 Å². The summed E-state index contributed by atoms with van der Waals surface area (Å²) in [4.78, 5) is 12.3. The topological polar surface area (TPSA) is 46.5 Å². The van der Waals surface area contributed by atoms with E-state index in [1.807, 2.05) is 0 Å². The minimum Gasteiger partial charge on any atom is -0.465 e. The number of aliphatic hydroxyl groups is 1. The average Bonchev–Trinajstić information content (AvgIpc) is 3.13. The molecule has 0 aromatic heterocycles. The highest BCUT2D eigenvalue weighted by Crippen LogP contribution is 2.62. The number of carbonyl (C=O) groups excluding carboxylic acids is 1. The molecule has 6 unspecified atom stereocenters. The zero-order chi connectivity index (χ0) is 14.1. The number of esters is 1. The van der Waals surface area contributed by atoms with Crippen LogP contribution in [0.1, 0.15) is 51.9 Å². The van der Waals surface area contributed by atoms with E-state index in [1.54, 1.807) is 0 Å². The van der Waals surface area contributed by atoms with Crippen LogP contribution in [0.25, 0.3) is 0 Å². The van der Waals surface area contributed by atoms with Crippen molar-refractivity contribution in [2.45, 2.75) is 51.9 Å². The van der Waals surface area contributed by atoms with Gasteiger partial charge in [-0.05, 0) is 61.7 Å². The average molecular weight is 280 g/mol. The number of rotatable bonds is 6. The van der Waals surface area contributed by atoms with Crippen LogP contribution in [0.4, 0.5) is 0 Å². The molecule has 2 bridgehead atoms. The summed E-state index contributed by atoms with van der Waals surface area (Å²) < 4.78 is 5.49. The van der Waals surface area contributed by atoms with Crippen molar-refractivity contribution in [2.24, 2.45) is 35.5 Å². The molecule has 3 saturated carbocycles. The highest BCUT2D eigenvalue weighted by Gasteiger charge is 2.58. The summed E-state index contributed by atoms with van der Waals surface area (Å²) in [5.41, 5.74) is 0. The van der Waals surface area contributed by atoms with Crippen molar-refractivity contribution in [3.8, 4) is 0 Å². The zero-order valence-electron chi connectivity index (χ0n) is 12.6. The van der Waals surface area contributed by atoms with E-state index in [9.17, 15) is 9.90 Å². The Balaban J connectivity index is 1.53. The Morgan fingerprint density at radius 1 is 1.20 bits per heavy atom. The summed E-state index contributed by atoms with van der Waals surface area (Å²) in [7, 11) is 0. The molecule has 20 heavy (non-hydrogen) atoms. The van der Waals surface area contributed by atoms with Gasteiger partial charge in [0.05, 0.1) is 12.5 Å². The van der Waals surface area contributed by atoms with Gasteiger partial charge in [0.1, 0.15) is 0 Å². The normalized spacial score (nSPS) is 41.9. The molecule has 0 aliphatic heterocycles. The minimum absolute atomic E-state index is 0.0690. The lowest BCUT2D eigenvalue weighted by Crippen LogP contribution is -2.33. The quantitative estimate of drug-likeness (QED) is 0.601. The first-order valence-corrected chi connectivity index (χ1v) is 8.53. The van der Waals surface area contributed by atoms with Crippen molar-refractivity contribution in [1.29, 1.82) is 0 Å². The van der Waals surface area contributed by atoms with Crippen molar-refractivity contribution in [2.75, 3.05) is 13.2 Å². The largest absolute Gasteiger partial charge is 0.465 e. The highest BCUT2D eigenvalue weighted by atomic mass is 16.5. The van der Waals surface area contributed by atoms with Crippen molar-refractivity contribution in [1.82, 2.24) is 0 Å². The number of carbonyl (C=O) groups is 1.